The molecule has 2 aromatic heterocycles. The molecular weight excluding hydrogens is 320 g/mol. The van der Waals surface area contributed by atoms with Crippen LogP contribution in [0.25, 0.3) is 5.65 Å². The summed E-state index contributed by atoms with van der Waals surface area (Å²) in [7, 11) is 0. The van der Waals surface area contributed by atoms with Crippen LogP contribution in [0.1, 0.15) is 16.2 Å². The Balaban J connectivity index is 1.97. The van der Waals surface area contributed by atoms with Crippen LogP contribution in [0.5, 0.6) is 0 Å². The first kappa shape index (κ1) is 14.9. The van der Waals surface area contributed by atoms with E-state index in [-0.39, 0.29) is 5.91 Å². The first-order valence-electron chi connectivity index (χ1n) is 6.55. The van der Waals surface area contributed by atoms with Gasteiger partial charge in [-0.05, 0) is 43.5 Å². The van der Waals surface area contributed by atoms with Crippen molar-refractivity contribution in [2.24, 2.45) is 0 Å². The minimum Gasteiger partial charge on any atom is -0.319 e. The van der Waals surface area contributed by atoms with Gasteiger partial charge >= 0.3 is 0 Å². The average molecular weight is 333 g/mol. The van der Waals surface area contributed by atoms with E-state index in [0.29, 0.717) is 21.9 Å². The standard InChI is InChI=1S/C15H13ClN4OS/c1-9-18-19-14-13(4-3-7-20(9)14)17-15(21)11-8-10(22-2)5-6-12(11)16/h3-8H,1-2H3,(H,17,21). The number of nitrogens with one attached hydrogen (secondary N) is 1. The second-order valence-corrected chi connectivity index (χ2v) is 5.95. The topological polar surface area (TPSA) is 59.3 Å². The number of halogens is 1. The predicted molar refractivity (Wildman–Crippen MR) is 88.9 cm³/mol. The molecule has 3 aromatic rings. The van der Waals surface area contributed by atoms with Crippen molar-refractivity contribution in [1.29, 1.82) is 0 Å². The number of rotatable bonds is 3. The van der Waals surface area contributed by atoms with Crippen LogP contribution in [0.15, 0.2) is 41.4 Å². The van der Waals surface area contributed by atoms with Crippen LogP contribution in [0.2, 0.25) is 5.02 Å². The Kier molecular flexibility index (Phi) is 4.04. The van der Waals surface area contributed by atoms with Gasteiger partial charge < -0.3 is 5.32 Å². The predicted octanol–water partition coefficient (Wildman–Crippen LogP) is 3.67. The highest BCUT2D eigenvalue weighted by molar-refractivity contribution is 7.98. The third kappa shape index (κ3) is 2.67. The van der Waals surface area contributed by atoms with Crippen molar-refractivity contribution in [2.45, 2.75) is 11.8 Å². The lowest BCUT2D eigenvalue weighted by Gasteiger charge is -2.09. The highest BCUT2D eigenvalue weighted by Crippen LogP contribution is 2.24. The maximum Gasteiger partial charge on any atom is 0.257 e. The number of aromatic nitrogens is 3. The molecule has 3 rings (SSSR count). The molecule has 0 spiro atoms. The molecule has 0 unspecified atom stereocenters. The largest absolute Gasteiger partial charge is 0.319 e. The van der Waals surface area contributed by atoms with Gasteiger partial charge in [0.2, 0.25) is 0 Å². The Hall–Kier alpha value is -2.05. The number of amides is 1. The van der Waals surface area contributed by atoms with Gasteiger partial charge in [-0.15, -0.1) is 22.0 Å². The van der Waals surface area contributed by atoms with Gasteiger partial charge in [-0.1, -0.05) is 11.6 Å². The van der Waals surface area contributed by atoms with Crippen molar-refractivity contribution < 1.29 is 4.79 Å². The van der Waals surface area contributed by atoms with Gasteiger partial charge in [0.25, 0.3) is 5.91 Å². The van der Waals surface area contributed by atoms with E-state index in [1.807, 2.05) is 35.9 Å². The molecule has 5 nitrogen and oxygen atoms in total. The summed E-state index contributed by atoms with van der Waals surface area (Å²) in [6.07, 6.45) is 3.80. The van der Waals surface area contributed by atoms with Crippen LogP contribution in [-0.4, -0.2) is 26.8 Å². The molecule has 0 bridgehead atoms. The molecule has 7 heteroatoms. The fraction of sp³-hybridized carbons (Fsp3) is 0.133. The first-order valence-corrected chi connectivity index (χ1v) is 8.15. The maximum atomic E-state index is 12.5. The number of hydrogen-bond donors (Lipinski definition) is 1. The van der Waals surface area contributed by atoms with Gasteiger partial charge in [-0.25, -0.2) is 0 Å². The number of carbonyl (C=O) groups excluding carboxylic acids is 1. The third-order valence-corrected chi connectivity index (χ3v) is 4.33. The maximum absolute atomic E-state index is 12.5. The Morgan fingerprint density at radius 1 is 1.32 bits per heavy atom. The number of hydrogen-bond acceptors (Lipinski definition) is 4. The molecule has 0 fully saturated rings. The van der Waals surface area contributed by atoms with Crippen molar-refractivity contribution >= 4 is 40.6 Å². The van der Waals surface area contributed by atoms with Gasteiger partial charge in [0.15, 0.2) is 5.65 Å². The smallest absolute Gasteiger partial charge is 0.257 e. The second kappa shape index (κ2) is 5.98. The lowest BCUT2D eigenvalue weighted by atomic mass is 10.2. The summed E-state index contributed by atoms with van der Waals surface area (Å²) in [6, 6.07) is 9.00. The lowest BCUT2D eigenvalue weighted by Crippen LogP contribution is -2.13. The van der Waals surface area contributed by atoms with Gasteiger partial charge in [-0.2, -0.15) is 0 Å². The third-order valence-electron chi connectivity index (χ3n) is 3.27. The first-order chi connectivity index (χ1) is 10.6. The molecule has 112 valence electrons. The van der Waals surface area contributed by atoms with Crippen molar-refractivity contribution in [3.05, 3.63) is 52.9 Å². The Labute approximate surface area is 136 Å². The molecule has 0 aliphatic carbocycles. The van der Waals surface area contributed by atoms with Crippen LogP contribution in [-0.2, 0) is 0 Å². The molecule has 0 saturated carbocycles. The van der Waals surface area contributed by atoms with E-state index in [1.165, 1.54) is 0 Å². The number of anilines is 1. The van der Waals surface area contributed by atoms with Crippen LogP contribution in [0.4, 0.5) is 5.69 Å². The molecule has 1 aromatic carbocycles. The fourth-order valence-corrected chi connectivity index (χ4v) is 2.77. The van der Waals surface area contributed by atoms with E-state index in [2.05, 4.69) is 15.5 Å². The van der Waals surface area contributed by atoms with Gasteiger partial charge in [0.05, 0.1) is 16.3 Å². The summed E-state index contributed by atoms with van der Waals surface area (Å²) >= 11 is 7.69. The van der Waals surface area contributed by atoms with Gasteiger partial charge in [-0.3, -0.25) is 9.20 Å². The monoisotopic (exact) mass is 332 g/mol. The summed E-state index contributed by atoms with van der Waals surface area (Å²) in [5.74, 6) is 0.489. The SMILES string of the molecule is CSc1ccc(Cl)c(C(=O)Nc2cccn3c(C)nnc23)c1. The van der Waals surface area contributed by atoms with E-state index in [1.54, 1.807) is 30.0 Å². The van der Waals surface area contributed by atoms with Crippen LogP contribution in [0, 0.1) is 6.92 Å². The summed E-state index contributed by atoms with van der Waals surface area (Å²) in [4.78, 5) is 13.5. The second-order valence-electron chi connectivity index (χ2n) is 4.66. The Bertz CT molecular complexity index is 862. The number of pyridine rings is 1. The van der Waals surface area contributed by atoms with E-state index in [9.17, 15) is 4.79 Å². The normalized spacial score (nSPS) is 10.9. The zero-order chi connectivity index (χ0) is 15.7. The molecule has 2 heterocycles. The fourth-order valence-electron chi connectivity index (χ4n) is 2.12. The molecule has 1 N–H and O–H groups in total. The van der Waals surface area contributed by atoms with Crippen molar-refractivity contribution in [1.82, 2.24) is 14.6 Å². The van der Waals surface area contributed by atoms with E-state index in [4.69, 9.17) is 11.6 Å². The number of benzene rings is 1. The Morgan fingerprint density at radius 3 is 2.91 bits per heavy atom. The number of carbonyl (C=O) groups is 1. The van der Waals surface area contributed by atoms with Crippen molar-refractivity contribution in [3.63, 3.8) is 0 Å². The van der Waals surface area contributed by atoms with Crippen LogP contribution >= 0.6 is 23.4 Å². The quantitative estimate of drug-likeness (QED) is 0.743. The molecule has 0 saturated heterocycles. The number of nitrogens with zero attached hydrogens (tertiary/aromatic N) is 3. The zero-order valence-electron chi connectivity index (χ0n) is 12.0. The Morgan fingerprint density at radius 2 is 2.14 bits per heavy atom. The summed E-state index contributed by atoms with van der Waals surface area (Å²) in [5.41, 5.74) is 1.64. The van der Waals surface area contributed by atoms with Crippen LogP contribution in [0.3, 0.4) is 0 Å². The average Bonchev–Trinajstić information content (AvgIpc) is 2.90. The van der Waals surface area contributed by atoms with Crippen molar-refractivity contribution in [2.75, 3.05) is 11.6 Å². The minimum absolute atomic E-state index is 0.269. The van der Waals surface area contributed by atoms with E-state index in [0.717, 1.165) is 10.7 Å². The molecule has 0 aliphatic rings. The lowest BCUT2D eigenvalue weighted by molar-refractivity contribution is 0.102. The van der Waals surface area contributed by atoms with Gasteiger partial charge in [0, 0.05) is 11.1 Å². The number of thioether (sulfide) groups is 1. The molecule has 22 heavy (non-hydrogen) atoms. The number of fused-ring (bicyclic) bond motifs is 1. The van der Waals surface area contributed by atoms with E-state index < -0.39 is 0 Å². The minimum atomic E-state index is -0.269. The molecule has 0 aliphatic heterocycles. The zero-order valence-corrected chi connectivity index (χ0v) is 13.6. The molecule has 0 atom stereocenters. The summed E-state index contributed by atoms with van der Waals surface area (Å²) < 4.78 is 1.82. The van der Waals surface area contributed by atoms with Crippen LogP contribution < -0.4 is 5.32 Å². The molecule has 1 amide bonds. The number of aryl methyl sites for hydroxylation is 1. The summed E-state index contributed by atoms with van der Waals surface area (Å²) in [5, 5.41) is 11.4. The van der Waals surface area contributed by atoms with Gasteiger partial charge in [0.1, 0.15) is 5.82 Å². The highest BCUT2D eigenvalue weighted by Gasteiger charge is 2.14. The van der Waals surface area contributed by atoms with E-state index >= 15 is 0 Å². The summed E-state index contributed by atoms with van der Waals surface area (Å²) in [6.45, 7) is 1.85. The molecular formula is C15H13ClN4OS. The molecule has 0 radical (unpaired) electrons. The highest BCUT2D eigenvalue weighted by atomic mass is 35.5. The van der Waals surface area contributed by atoms with Crippen molar-refractivity contribution in [3.8, 4) is 0 Å².